The van der Waals surface area contributed by atoms with Crippen LogP contribution in [0.2, 0.25) is 0 Å². The summed E-state index contributed by atoms with van der Waals surface area (Å²) in [5.41, 5.74) is 3.50. The van der Waals surface area contributed by atoms with Crippen LogP contribution in [-0.4, -0.2) is 18.0 Å². The Hall–Kier alpha value is -2.66. The van der Waals surface area contributed by atoms with E-state index in [0.717, 1.165) is 38.7 Å². The van der Waals surface area contributed by atoms with E-state index in [1.54, 1.807) is 24.9 Å². The fourth-order valence-corrected chi connectivity index (χ4v) is 4.27. The van der Waals surface area contributed by atoms with Gasteiger partial charge in [0.1, 0.15) is 22.8 Å². The van der Waals surface area contributed by atoms with Crippen molar-refractivity contribution in [1.29, 1.82) is 0 Å². The molecule has 0 aliphatic heterocycles. The maximum absolute atomic E-state index is 12.6. The van der Waals surface area contributed by atoms with Gasteiger partial charge in [-0.3, -0.25) is 0 Å². The van der Waals surface area contributed by atoms with Gasteiger partial charge in [-0.25, -0.2) is 4.79 Å². The monoisotopic (exact) mass is 396 g/mol. The van der Waals surface area contributed by atoms with Gasteiger partial charge in [0.25, 0.3) is 0 Å². The summed E-state index contributed by atoms with van der Waals surface area (Å²) >= 11 is 1.65. The maximum atomic E-state index is 12.6. The van der Waals surface area contributed by atoms with Crippen molar-refractivity contribution >= 4 is 11.8 Å². The van der Waals surface area contributed by atoms with Gasteiger partial charge in [-0.2, -0.15) is 0 Å². The summed E-state index contributed by atoms with van der Waals surface area (Å²) in [5, 5.41) is 10.5. The lowest BCUT2D eigenvalue weighted by atomic mass is 9.94. The molecule has 0 saturated heterocycles. The van der Waals surface area contributed by atoms with Crippen molar-refractivity contribution < 1.29 is 14.3 Å². The molecular formula is C23H24O4S. The van der Waals surface area contributed by atoms with Gasteiger partial charge in [0, 0.05) is 23.1 Å². The van der Waals surface area contributed by atoms with Gasteiger partial charge in [-0.15, -0.1) is 11.8 Å². The molecule has 28 heavy (non-hydrogen) atoms. The second-order valence-corrected chi connectivity index (χ2v) is 7.98. The SMILES string of the molecule is COc1ccc(SCCc2cc(O)c(-c3c(C)cc(C)cc3C)c(=O)o2)cc1. The third-order valence-corrected chi connectivity index (χ3v) is 5.60. The topological polar surface area (TPSA) is 59.7 Å². The summed E-state index contributed by atoms with van der Waals surface area (Å²) < 4.78 is 10.7. The molecule has 2 aromatic carbocycles. The minimum absolute atomic E-state index is 0.0317. The van der Waals surface area contributed by atoms with Crippen LogP contribution in [0.5, 0.6) is 11.5 Å². The zero-order chi connectivity index (χ0) is 20.3. The molecule has 0 radical (unpaired) electrons. The van der Waals surface area contributed by atoms with Crippen LogP contribution in [0, 0.1) is 20.8 Å². The highest BCUT2D eigenvalue weighted by atomic mass is 32.2. The molecule has 0 spiro atoms. The highest BCUT2D eigenvalue weighted by Gasteiger charge is 2.17. The molecular weight excluding hydrogens is 372 g/mol. The van der Waals surface area contributed by atoms with Gasteiger partial charge in [0.2, 0.25) is 0 Å². The van der Waals surface area contributed by atoms with Crippen molar-refractivity contribution in [2.45, 2.75) is 32.1 Å². The second-order valence-electron chi connectivity index (χ2n) is 6.81. The average Bonchev–Trinajstić information content (AvgIpc) is 2.64. The van der Waals surface area contributed by atoms with Crippen molar-refractivity contribution in [2.75, 3.05) is 12.9 Å². The summed E-state index contributed by atoms with van der Waals surface area (Å²) in [6, 6.07) is 13.4. The number of rotatable bonds is 6. The predicted octanol–water partition coefficient (Wildman–Crippen LogP) is 5.28. The molecule has 1 N–H and O–H groups in total. The Bertz CT molecular complexity index is 1010. The smallest absolute Gasteiger partial charge is 0.347 e. The largest absolute Gasteiger partial charge is 0.507 e. The van der Waals surface area contributed by atoms with E-state index in [-0.39, 0.29) is 11.3 Å². The van der Waals surface area contributed by atoms with E-state index in [0.29, 0.717) is 12.2 Å². The normalized spacial score (nSPS) is 10.9. The number of ether oxygens (including phenoxy) is 1. The summed E-state index contributed by atoms with van der Waals surface area (Å²) in [5.74, 6) is 2.00. The van der Waals surface area contributed by atoms with E-state index in [1.807, 2.05) is 57.2 Å². The Balaban J connectivity index is 1.78. The molecule has 1 aromatic heterocycles. The summed E-state index contributed by atoms with van der Waals surface area (Å²) in [4.78, 5) is 13.7. The first kappa shape index (κ1) is 20.1. The highest BCUT2D eigenvalue weighted by Crippen LogP contribution is 2.33. The molecule has 5 heteroatoms. The Morgan fingerprint density at radius 1 is 1.00 bits per heavy atom. The fraction of sp³-hybridized carbons (Fsp3) is 0.261. The van der Waals surface area contributed by atoms with Gasteiger partial charge < -0.3 is 14.3 Å². The van der Waals surface area contributed by atoms with Crippen molar-refractivity contribution in [1.82, 2.24) is 0 Å². The first-order chi connectivity index (χ1) is 13.4. The lowest BCUT2D eigenvalue weighted by Crippen LogP contribution is -2.08. The fourth-order valence-electron chi connectivity index (χ4n) is 3.40. The van der Waals surface area contributed by atoms with Crippen molar-refractivity contribution in [3.63, 3.8) is 0 Å². The zero-order valence-corrected chi connectivity index (χ0v) is 17.4. The third kappa shape index (κ3) is 4.42. The van der Waals surface area contributed by atoms with Crippen LogP contribution in [0.4, 0.5) is 0 Å². The Labute approximate surface area is 169 Å². The standard InChI is InChI=1S/C23H24O4S/c1-14-11-15(2)21(16(3)12-14)22-20(24)13-18(27-23(22)25)9-10-28-19-7-5-17(26-4)6-8-19/h5-8,11-13,24H,9-10H2,1-4H3. The number of aryl methyl sites for hydroxylation is 4. The van der Waals surface area contributed by atoms with E-state index in [1.165, 1.54) is 0 Å². The van der Waals surface area contributed by atoms with Gasteiger partial charge >= 0.3 is 5.63 Å². The predicted molar refractivity (Wildman–Crippen MR) is 114 cm³/mol. The molecule has 4 nitrogen and oxygen atoms in total. The van der Waals surface area contributed by atoms with Crippen LogP contribution in [-0.2, 0) is 6.42 Å². The van der Waals surface area contributed by atoms with Crippen LogP contribution in [0.1, 0.15) is 22.5 Å². The molecule has 0 unspecified atom stereocenters. The molecule has 3 rings (SSSR count). The van der Waals surface area contributed by atoms with Crippen LogP contribution < -0.4 is 10.4 Å². The van der Waals surface area contributed by atoms with Crippen LogP contribution >= 0.6 is 11.8 Å². The molecule has 1 heterocycles. The van der Waals surface area contributed by atoms with E-state index in [9.17, 15) is 9.90 Å². The number of hydrogen-bond donors (Lipinski definition) is 1. The second kappa shape index (κ2) is 8.57. The zero-order valence-electron chi connectivity index (χ0n) is 16.5. The van der Waals surface area contributed by atoms with Crippen molar-refractivity contribution in [2.24, 2.45) is 0 Å². The number of thioether (sulfide) groups is 1. The maximum Gasteiger partial charge on any atom is 0.347 e. The molecule has 0 bridgehead atoms. The average molecular weight is 397 g/mol. The lowest BCUT2D eigenvalue weighted by Gasteiger charge is -2.12. The summed E-state index contributed by atoms with van der Waals surface area (Å²) in [6.45, 7) is 5.89. The molecule has 0 saturated carbocycles. The van der Waals surface area contributed by atoms with Gasteiger partial charge in [-0.1, -0.05) is 17.7 Å². The molecule has 0 amide bonds. The van der Waals surface area contributed by atoms with Crippen molar-refractivity contribution in [3.05, 3.63) is 75.3 Å². The van der Waals surface area contributed by atoms with Gasteiger partial charge in [0.05, 0.1) is 7.11 Å². The minimum atomic E-state index is -0.500. The summed E-state index contributed by atoms with van der Waals surface area (Å²) in [6.07, 6.45) is 0.547. The van der Waals surface area contributed by atoms with Crippen LogP contribution in [0.3, 0.4) is 0 Å². The lowest BCUT2D eigenvalue weighted by molar-refractivity contribution is 0.414. The quantitative estimate of drug-likeness (QED) is 0.574. The minimum Gasteiger partial charge on any atom is -0.507 e. The van der Waals surface area contributed by atoms with E-state index in [4.69, 9.17) is 9.15 Å². The van der Waals surface area contributed by atoms with E-state index < -0.39 is 5.63 Å². The first-order valence-corrected chi connectivity index (χ1v) is 10.1. The van der Waals surface area contributed by atoms with Crippen LogP contribution in [0.15, 0.2) is 56.6 Å². The Morgan fingerprint density at radius 2 is 1.64 bits per heavy atom. The Kier molecular flexibility index (Phi) is 6.15. The van der Waals surface area contributed by atoms with Gasteiger partial charge in [0.15, 0.2) is 0 Å². The number of hydrogen-bond acceptors (Lipinski definition) is 5. The number of benzene rings is 2. The van der Waals surface area contributed by atoms with Crippen LogP contribution in [0.25, 0.3) is 11.1 Å². The molecule has 0 aliphatic carbocycles. The highest BCUT2D eigenvalue weighted by molar-refractivity contribution is 7.99. The first-order valence-electron chi connectivity index (χ1n) is 9.10. The molecule has 146 valence electrons. The number of aromatic hydroxyl groups is 1. The van der Waals surface area contributed by atoms with Gasteiger partial charge in [-0.05, 0) is 61.7 Å². The molecule has 0 aliphatic rings. The molecule has 0 atom stereocenters. The molecule has 0 fully saturated rings. The van der Waals surface area contributed by atoms with E-state index >= 15 is 0 Å². The summed E-state index contributed by atoms with van der Waals surface area (Å²) in [7, 11) is 1.64. The third-order valence-electron chi connectivity index (χ3n) is 4.59. The van der Waals surface area contributed by atoms with Crippen molar-refractivity contribution in [3.8, 4) is 22.6 Å². The van der Waals surface area contributed by atoms with E-state index in [2.05, 4.69) is 0 Å². The number of methoxy groups -OCH3 is 1. The Morgan fingerprint density at radius 3 is 2.21 bits per heavy atom. The molecule has 3 aromatic rings.